The Hall–Kier alpha value is -3.11. The van der Waals surface area contributed by atoms with Crippen LogP contribution in [0.4, 0.5) is 20.5 Å². The van der Waals surface area contributed by atoms with E-state index in [1.807, 2.05) is 13.8 Å². The zero-order chi connectivity index (χ0) is 27.0. The Morgan fingerprint density at radius 2 is 2.08 bits per heavy atom. The van der Waals surface area contributed by atoms with E-state index in [2.05, 4.69) is 30.4 Å². The van der Waals surface area contributed by atoms with Crippen LogP contribution in [-0.4, -0.2) is 48.7 Å². The number of benzene rings is 1. The molecule has 3 N–H and O–H groups in total. The second-order valence-corrected chi connectivity index (χ2v) is 10.9. The molecule has 3 heterocycles. The maximum atomic E-state index is 15.7. The van der Waals surface area contributed by atoms with E-state index in [-0.39, 0.29) is 41.5 Å². The second-order valence-electron chi connectivity index (χ2n) is 10.5. The van der Waals surface area contributed by atoms with Gasteiger partial charge in [-0.15, -0.1) is 0 Å². The second kappa shape index (κ2) is 10.6. The van der Waals surface area contributed by atoms with E-state index < -0.39 is 23.0 Å². The smallest absolute Gasteiger partial charge is 0.310 e. The number of carbonyl (C=O) groups is 1. The average Bonchev–Trinajstić information content (AvgIpc) is 3.65. The standard InChI is InChI=1S/C27H31ClF2N6O2/c1-3-18-12-27(25(37)38,9-10-36(18)14-17-5-4-6-19(28)22(17)29)13-20-23(30)24(16-7-8-16)33-26(31-20)32-21-11-15(2)34-35-21/h4-6,11,16,18H,3,7-10,12-14H2,1-2H3,(H,37,38)(H2,31,32,33,34,35)/t18-,27-/m1/s1. The Morgan fingerprint density at radius 3 is 2.74 bits per heavy atom. The number of hydrogen-bond acceptors (Lipinski definition) is 6. The highest BCUT2D eigenvalue weighted by atomic mass is 35.5. The number of hydrogen-bond donors (Lipinski definition) is 3. The first kappa shape index (κ1) is 26.5. The molecule has 38 heavy (non-hydrogen) atoms. The number of anilines is 2. The Bertz CT molecular complexity index is 1350. The van der Waals surface area contributed by atoms with Gasteiger partial charge in [0.2, 0.25) is 5.95 Å². The van der Waals surface area contributed by atoms with Crippen molar-refractivity contribution in [2.45, 2.75) is 70.9 Å². The van der Waals surface area contributed by atoms with Gasteiger partial charge in [0.25, 0.3) is 0 Å². The van der Waals surface area contributed by atoms with Crippen LogP contribution in [0.1, 0.15) is 67.6 Å². The Kier molecular flexibility index (Phi) is 7.37. The molecule has 1 saturated heterocycles. The van der Waals surface area contributed by atoms with Crippen molar-refractivity contribution in [3.63, 3.8) is 0 Å². The third kappa shape index (κ3) is 5.37. The summed E-state index contributed by atoms with van der Waals surface area (Å²) < 4.78 is 30.3. The van der Waals surface area contributed by atoms with Gasteiger partial charge in [-0.05, 0) is 51.6 Å². The molecule has 0 bridgehead atoms. The van der Waals surface area contributed by atoms with Crippen molar-refractivity contribution in [1.29, 1.82) is 0 Å². The van der Waals surface area contributed by atoms with Crippen LogP contribution < -0.4 is 5.32 Å². The predicted octanol–water partition coefficient (Wildman–Crippen LogP) is 5.75. The summed E-state index contributed by atoms with van der Waals surface area (Å²) in [5.74, 6) is -1.24. The van der Waals surface area contributed by atoms with Crippen molar-refractivity contribution in [3.05, 3.63) is 63.6 Å². The third-order valence-electron chi connectivity index (χ3n) is 7.71. The van der Waals surface area contributed by atoms with Crippen LogP contribution in [0.3, 0.4) is 0 Å². The van der Waals surface area contributed by atoms with Crippen LogP contribution in [0.25, 0.3) is 0 Å². The molecule has 8 nitrogen and oxygen atoms in total. The van der Waals surface area contributed by atoms with Crippen molar-refractivity contribution >= 4 is 29.3 Å². The first-order chi connectivity index (χ1) is 18.2. The number of H-pyrrole nitrogens is 1. The van der Waals surface area contributed by atoms with Gasteiger partial charge in [-0.1, -0.05) is 30.7 Å². The Labute approximate surface area is 224 Å². The van der Waals surface area contributed by atoms with E-state index >= 15 is 4.39 Å². The topological polar surface area (TPSA) is 107 Å². The van der Waals surface area contributed by atoms with Crippen molar-refractivity contribution in [3.8, 4) is 0 Å². The van der Waals surface area contributed by atoms with Gasteiger partial charge in [-0.2, -0.15) is 5.10 Å². The van der Waals surface area contributed by atoms with Gasteiger partial charge in [0, 0.05) is 42.2 Å². The minimum Gasteiger partial charge on any atom is -0.481 e. The van der Waals surface area contributed by atoms with Gasteiger partial charge >= 0.3 is 5.97 Å². The number of nitrogens with zero attached hydrogens (tertiary/aromatic N) is 4. The summed E-state index contributed by atoms with van der Waals surface area (Å²) in [6, 6.07) is 6.56. The van der Waals surface area contributed by atoms with Crippen molar-refractivity contribution in [2.75, 3.05) is 11.9 Å². The minimum atomic E-state index is -1.21. The van der Waals surface area contributed by atoms with E-state index in [1.54, 1.807) is 18.2 Å². The molecule has 0 unspecified atom stereocenters. The fourth-order valence-corrected chi connectivity index (χ4v) is 5.58. The molecule has 2 aliphatic rings. The van der Waals surface area contributed by atoms with Crippen LogP contribution in [0.2, 0.25) is 5.02 Å². The number of rotatable bonds is 9. The van der Waals surface area contributed by atoms with Crippen LogP contribution >= 0.6 is 11.6 Å². The van der Waals surface area contributed by atoms with Crippen LogP contribution in [0.5, 0.6) is 0 Å². The SMILES string of the molecule is CC[C@@H]1C[C@](Cc2nc(Nc3cc(C)[nH]n3)nc(C3CC3)c2F)(C(=O)O)CCN1Cc1cccc(Cl)c1F. The molecule has 1 aliphatic carbocycles. The summed E-state index contributed by atoms with van der Waals surface area (Å²) in [7, 11) is 0. The normalized spacial score (nSPS) is 22.0. The summed E-state index contributed by atoms with van der Waals surface area (Å²) in [5, 5.41) is 20.5. The molecule has 0 radical (unpaired) electrons. The molecule has 2 atom stereocenters. The lowest BCUT2D eigenvalue weighted by Gasteiger charge is -2.44. The van der Waals surface area contributed by atoms with Crippen LogP contribution in [0.15, 0.2) is 24.3 Å². The number of carboxylic acids is 1. The zero-order valence-electron chi connectivity index (χ0n) is 21.4. The fraction of sp³-hybridized carbons (Fsp3) is 0.481. The van der Waals surface area contributed by atoms with Gasteiger partial charge < -0.3 is 10.4 Å². The molecule has 2 fully saturated rings. The number of aromatic nitrogens is 4. The molecule has 1 aliphatic heterocycles. The zero-order valence-corrected chi connectivity index (χ0v) is 22.2. The highest BCUT2D eigenvalue weighted by Gasteiger charge is 2.46. The van der Waals surface area contributed by atoms with Crippen LogP contribution in [-0.2, 0) is 17.8 Å². The lowest BCUT2D eigenvalue weighted by molar-refractivity contribution is -0.154. The number of aryl methyl sites for hydroxylation is 1. The first-order valence-electron chi connectivity index (χ1n) is 12.9. The number of nitrogens with one attached hydrogen (secondary N) is 2. The fourth-order valence-electron chi connectivity index (χ4n) is 5.38. The molecule has 2 aromatic heterocycles. The Balaban J connectivity index is 1.42. The lowest BCUT2D eigenvalue weighted by Crippen LogP contribution is -2.50. The number of likely N-dealkylation sites (tertiary alicyclic amines) is 1. The molecule has 5 rings (SSSR count). The molecular weight excluding hydrogens is 514 g/mol. The molecule has 202 valence electrons. The highest BCUT2D eigenvalue weighted by Crippen LogP contribution is 2.44. The summed E-state index contributed by atoms with van der Waals surface area (Å²) in [4.78, 5) is 23.7. The Morgan fingerprint density at radius 1 is 1.29 bits per heavy atom. The van der Waals surface area contributed by atoms with E-state index in [9.17, 15) is 14.3 Å². The molecule has 3 aromatic rings. The summed E-state index contributed by atoms with van der Waals surface area (Å²) in [6.45, 7) is 4.59. The van der Waals surface area contributed by atoms with Gasteiger partial charge in [-0.3, -0.25) is 14.8 Å². The van der Waals surface area contributed by atoms with Gasteiger partial charge in [0.15, 0.2) is 11.6 Å². The maximum absolute atomic E-state index is 15.7. The van der Waals surface area contributed by atoms with Gasteiger partial charge in [-0.25, -0.2) is 18.7 Å². The summed E-state index contributed by atoms with van der Waals surface area (Å²) in [5.41, 5.74) is 0.533. The largest absolute Gasteiger partial charge is 0.481 e. The van der Waals surface area contributed by atoms with E-state index in [0.717, 1.165) is 18.5 Å². The maximum Gasteiger partial charge on any atom is 0.310 e. The van der Waals surface area contributed by atoms with E-state index in [0.29, 0.717) is 43.0 Å². The molecule has 0 amide bonds. The molecule has 0 spiro atoms. The number of aliphatic carboxylic acids is 1. The van der Waals surface area contributed by atoms with Crippen molar-refractivity contribution in [1.82, 2.24) is 25.1 Å². The molecule has 1 saturated carbocycles. The van der Waals surface area contributed by atoms with E-state index in [1.165, 1.54) is 6.07 Å². The number of piperidine rings is 1. The highest BCUT2D eigenvalue weighted by molar-refractivity contribution is 6.30. The van der Waals surface area contributed by atoms with Gasteiger partial charge in [0.05, 0.1) is 21.8 Å². The number of carboxylic acid groups (broad SMARTS) is 1. The molecule has 1 aromatic carbocycles. The molecular formula is C27H31ClF2N6O2. The number of aromatic amines is 1. The van der Waals surface area contributed by atoms with Crippen molar-refractivity contribution < 1.29 is 18.7 Å². The monoisotopic (exact) mass is 544 g/mol. The number of halogens is 3. The van der Waals surface area contributed by atoms with Gasteiger partial charge in [0.1, 0.15) is 5.82 Å². The minimum absolute atomic E-state index is 0.0110. The summed E-state index contributed by atoms with van der Waals surface area (Å²) >= 11 is 5.97. The quantitative estimate of drug-likeness (QED) is 0.315. The first-order valence-corrected chi connectivity index (χ1v) is 13.3. The third-order valence-corrected chi connectivity index (χ3v) is 8.00. The lowest BCUT2D eigenvalue weighted by atomic mass is 9.71. The predicted molar refractivity (Wildman–Crippen MR) is 139 cm³/mol. The van der Waals surface area contributed by atoms with Crippen LogP contribution in [0, 0.1) is 24.0 Å². The van der Waals surface area contributed by atoms with E-state index in [4.69, 9.17) is 11.6 Å². The summed E-state index contributed by atoms with van der Waals surface area (Å²) in [6.07, 6.45) is 2.87. The average molecular weight is 545 g/mol. The van der Waals surface area contributed by atoms with Crippen molar-refractivity contribution in [2.24, 2.45) is 5.41 Å². The molecule has 11 heteroatoms.